The fourth-order valence-corrected chi connectivity index (χ4v) is 5.53. The van der Waals surface area contributed by atoms with E-state index in [-0.39, 0.29) is 17.3 Å². The summed E-state index contributed by atoms with van der Waals surface area (Å²) in [6.45, 7) is 2.24. The molecule has 3 aromatic rings. The van der Waals surface area contributed by atoms with Crippen molar-refractivity contribution < 1.29 is 13.2 Å². The van der Waals surface area contributed by atoms with E-state index in [9.17, 15) is 13.2 Å². The van der Waals surface area contributed by atoms with Crippen LogP contribution in [-0.2, 0) is 21.2 Å². The van der Waals surface area contributed by atoms with Gasteiger partial charge in [0.15, 0.2) is 0 Å². The number of amides is 1. The summed E-state index contributed by atoms with van der Waals surface area (Å²) in [5, 5.41) is 0. The third-order valence-electron chi connectivity index (χ3n) is 5.44. The zero-order valence-corrected chi connectivity index (χ0v) is 19.1. The number of carbonyl (C=O) groups excluding carboxylic acids is 1. The lowest BCUT2D eigenvalue weighted by Crippen LogP contribution is -2.42. The van der Waals surface area contributed by atoms with Gasteiger partial charge in [0.2, 0.25) is 5.91 Å². The van der Waals surface area contributed by atoms with Crippen molar-refractivity contribution in [3.63, 3.8) is 0 Å². The van der Waals surface area contributed by atoms with Gasteiger partial charge < -0.3 is 4.90 Å². The number of nitrogens with zero attached hydrogens (tertiary/aromatic N) is 2. The molecule has 0 aromatic heterocycles. The van der Waals surface area contributed by atoms with Crippen molar-refractivity contribution in [2.75, 3.05) is 28.6 Å². The summed E-state index contributed by atoms with van der Waals surface area (Å²) in [4.78, 5) is 16.1. The summed E-state index contributed by atoms with van der Waals surface area (Å²) in [7, 11) is -3.92. The van der Waals surface area contributed by atoms with Gasteiger partial charge in [0, 0.05) is 17.1 Å². The maximum absolute atomic E-state index is 13.6. The number of para-hydroxylation sites is 1. The Bertz CT molecular complexity index is 1190. The van der Waals surface area contributed by atoms with Crippen molar-refractivity contribution in [1.82, 2.24) is 0 Å². The van der Waals surface area contributed by atoms with Crippen molar-refractivity contribution in [3.05, 3.63) is 83.9 Å². The van der Waals surface area contributed by atoms with Gasteiger partial charge in [-0.15, -0.1) is 11.8 Å². The highest BCUT2D eigenvalue weighted by molar-refractivity contribution is 7.98. The first-order chi connectivity index (χ1) is 14.9. The summed E-state index contributed by atoms with van der Waals surface area (Å²) in [5.41, 5.74) is 3.46. The molecule has 0 spiro atoms. The quantitative estimate of drug-likeness (QED) is 0.517. The van der Waals surface area contributed by atoms with Crippen molar-refractivity contribution in [2.45, 2.75) is 23.1 Å². The number of sulfonamides is 1. The Labute approximate surface area is 187 Å². The molecule has 1 aliphatic rings. The van der Waals surface area contributed by atoms with Crippen LogP contribution in [0.15, 0.2) is 82.6 Å². The van der Waals surface area contributed by atoms with E-state index in [1.54, 1.807) is 53.1 Å². The molecule has 1 aliphatic heterocycles. The first kappa shape index (κ1) is 21.5. The van der Waals surface area contributed by atoms with Gasteiger partial charge in [0.25, 0.3) is 10.0 Å². The molecule has 160 valence electrons. The maximum atomic E-state index is 13.6. The lowest BCUT2D eigenvalue weighted by Gasteiger charge is -2.27. The minimum Gasteiger partial charge on any atom is -0.310 e. The predicted molar refractivity (Wildman–Crippen MR) is 126 cm³/mol. The Balaban J connectivity index is 1.69. The molecule has 5 nitrogen and oxygen atoms in total. The molecule has 0 radical (unpaired) electrons. The second-order valence-corrected chi connectivity index (χ2v) is 10.2. The molecule has 0 aliphatic carbocycles. The van der Waals surface area contributed by atoms with Crippen molar-refractivity contribution in [3.8, 4) is 0 Å². The van der Waals surface area contributed by atoms with E-state index in [1.807, 2.05) is 49.6 Å². The van der Waals surface area contributed by atoms with E-state index >= 15 is 0 Å². The van der Waals surface area contributed by atoms with Gasteiger partial charge >= 0.3 is 0 Å². The van der Waals surface area contributed by atoms with E-state index in [0.717, 1.165) is 28.1 Å². The van der Waals surface area contributed by atoms with Gasteiger partial charge in [0.1, 0.15) is 6.54 Å². The SMILES string of the molecule is CSc1ccc(S(=O)(=O)N(CC(=O)N2CCc3ccccc32)c2ccc(C)cc2)cc1. The number of rotatable bonds is 6. The lowest BCUT2D eigenvalue weighted by atomic mass is 10.2. The summed E-state index contributed by atoms with van der Waals surface area (Å²) >= 11 is 1.55. The Hall–Kier alpha value is -2.77. The van der Waals surface area contributed by atoms with Crippen LogP contribution in [-0.4, -0.2) is 33.7 Å². The van der Waals surface area contributed by atoms with Crippen molar-refractivity contribution in [1.29, 1.82) is 0 Å². The molecule has 0 saturated carbocycles. The molecule has 31 heavy (non-hydrogen) atoms. The van der Waals surface area contributed by atoms with Crippen LogP contribution < -0.4 is 9.21 Å². The third-order valence-corrected chi connectivity index (χ3v) is 7.97. The molecular formula is C24H24N2O3S2. The second kappa shape index (κ2) is 8.77. The molecule has 4 rings (SSSR count). The van der Waals surface area contributed by atoms with E-state index in [4.69, 9.17) is 0 Å². The van der Waals surface area contributed by atoms with Crippen LogP contribution in [0.2, 0.25) is 0 Å². The Morgan fingerprint density at radius 2 is 1.68 bits per heavy atom. The molecule has 0 atom stereocenters. The first-order valence-corrected chi connectivity index (χ1v) is 12.7. The van der Waals surface area contributed by atoms with Crippen molar-refractivity contribution >= 4 is 39.1 Å². The van der Waals surface area contributed by atoms with Crippen LogP contribution in [0.1, 0.15) is 11.1 Å². The van der Waals surface area contributed by atoms with E-state index in [1.165, 1.54) is 4.31 Å². The molecule has 0 fully saturated rings. The summed E-state index contributed by atoms with van der Waals surface area (Å²) in [6, 6.07) is 21.7. The molecular weight excluding hydrogens is 428 g/mol. The molecule has 1 heterocycles. The van der Waals surface area contributed by atoms with E-state index in [0.29, 0.717) is 12.2 Å². The lowest BCUT2D eigenvalue weighted by molar-refractivity contribution is -0.117. The number of hydrogen-bond donors (Lipinski definition) is 0. The van der Waals surface area contributed by atoms with Gasteiger partial charge in [-0.05, 0) is 67.6 Å². The average molecular weight is 453 g/mol. The highest BCUT2D eigenvalue weighted by atomic mass is 32.2. The van der Waals surface area contributed by atoms with Crippen LogP contribution in [0.4, 0.5) is 11.4 Å². The van der Waals surface area contributed by atoms with Crippen LogP contribution in [0, 0.1) is 6.92 Å². The Morgan fingerprint density at radius 1 is 1.00 bits per heavy atom. The number of thioether (sulfide) groups is 1. The molecule has 0 bridgehead atoms. The summed E-state index contributed by atoms with van der Waals surface area (Å²) in [5.74, 6) is -0.241. The number of hydrogen-bond acceptors (Lipinski definition) is 4. The van der Waals surface area contributed by atoms with E-state index in [2.05, 4.69) is 0 Å². The zero-order chi connectivity index (χ0) is 22.0. The highest BCUT2D eigenvalue weighted by Crippen LogP contribution is 2.30. The monoisotopic (exact) mass is 452 g/mol. The number of benzene rings is 3. The largest absolute Gasteiger partial charge is 0.310 e. The second-order valence-electron chi connectivity index (χ2n) is 7.45. The third kappa shape index (κ3) is 4.34. The smallest absolute Gasteiger partial charge is 0.264 e. The Morgan fingerprint density at radius 3 is 2.35 bits per heavy atom. The molecule has 0 saturated heterocycles. The minimum absolute atomic E-state index is 0.167. The van der Waals surface area contributed by atoms with Gasteiger partial charge in [-0.3, -0.25) is 9.10 Å². The molecule has 1 amide bonds. The number of anilines is 2. The molecule has 0 unspecified atom stereocenters. The number of aryl methyl sites for hydroxylation is 1. The summed E-state index contributed by atoms with van der Waals surface area (Å²) in [6.07, 6.45) is 2.71. The Kier molecular flexibility index (Phi) is 6.07. The topological polar surface area (TPSA) is 57.7 Å². The minimum atomic E-state index is -3.92. The first-order valence-electron chi connectivity index (χ1n) is 10.0. The fourth-order valence-electron chi connectivity index (χ4n) is 3.71. The molecule has 7 heteroatoms. The van der Waals surface area contributed by atoms with Crippen molar-refractivity contribution in [2.24, 2.45) is 0 Å². The normalized spacial score (nSPS) is 13.2. The predicted octanol–water partition coefficient (Wildman–Crippen LogP) is 4.50. The molecule has 3 aromatic carbocycles. The van der Waals surface area contributed by atoms with Gasteiger partial charge in [-0.2, -0.15) is 0 Å². The zero-order valence-electron chi connectivity index (χ0n) is 17.5. The van der Waals surface area contributed by atoms with Crippen LogP contribution >= 0.6 is 11.8 Å². The van der Waals surface area contributed by atoms with Crippen LogP contribution in [0.3, 0.4) is 0 Å². The number of carbonyl (C=O) groups is 1. The number of fused-ring (bicyclic) bond motifs is 1. The maximum Gasteiger partial charge on any atom is 0.264 e. The van der Waals surface area contributed by atoms with Crippen LogP contribution in [0.25, 0.3) is 0 Å². The standard InChI is InChI=1S/C24H24N2O3S2/c1-18-7-9-20(10-8-18)26(31(28,29)22-13-11-21(30-2)12-14-22)17-24(27)25-16-15-19-5-3-4-6-23(19)25/h3-14H,15-17H2,1-2H3. The summed E-state index contributed by atoms with van der Waals surface area (Å²) < 4.78 is 28.3. The molecule has 0 N–H and O–H groups in total. The van der Waals surface area contributed by atoms with Crippen LogP contribution in [0.5, 0.6) is 0 Å². The highest BCUT2D eigenvalue weighted by Gasteiger charge is 2.31. The van der Waals surface area contributed by atoms with Gasteiger partial charge in [0.05, 0.1) is 10.6 Å². The average Bonchev–Trinajstić information content (AvgIpc) is 3.22. The van der Waals surface area contributed by atoms with E-state index < -0.39 is 10.0 Å². The van der Waals surface area contributed by atoms with Gasteiger partial charge in [-0.25, -0.2) is 8.42 Å². The van der Waals surface area contributed by atoms with Gasteiger partial charge in [-0.1, -0.05) is 35.9 Å². The fraction of sp³-hybridized carbons (Fsp3) is 0.208.